The molecule has 3 aromatic carbocycles. The third kappa shape index (κ3) is 6.01. The SMILES string of the molecule is CNc1c(C(=O)c2cc3cc(OC4CCN(C(C)C)CC4)c(C4=[N+]=CN=C4)cc3[nH]2)cnn1-c1ccc(Oc2ccccc2F)c(C)c1. The molecule has 2 aliphatic rings. The fourth-order valence-corrected chi connectivity index (χ4v) is 6.26. The molecule has 0 amide bonds. The number of likely N-dealkylation sites (tertiary alicyclic amines) is 1. The largest absolute Gasteiger partial charge is 0.489 e. The second-order valence-corrected chi connectivity index (χ2v) is 12.4. The predicted molar refractivity (Wildman–Crippen MR) is 187 cm³/mol. The lowest BCUT2D eigenvalue weighted by molar-refractivity contribution is 0.0843. The van der Waals surface area contributed by atoms with Crippen molar-refractivity contribution < 1.29 is 18.7 Å². The van der Waals surface area contributed by atoms with E-state index in [1.807, 2.05) is 37.3 Å². The number of piperidine rings is 1. The maximum atomic E-state index is 14.2. The molecule has 244 valence electrons. The number of aromatic nitrogens is 3. The van der Waals surface area contributed by atoms with Gasteiger partial charge in [0.05, 0.1) is 28.7 Å². The highest BCUT2D eigenvalue weighted by Crippen LogP contribution is 2.33. The highest BCUT2D eigenvalue weighted by molar-refractivity contribution is 6.41. The van der Waals surface area contributed by atoms with Crippen molar-refractivity contribution >= 4 is 40.8 Å². The van der Waals surface area contributed by atoms with E-state index < -0.39 is 5.82 Å². The number of benzene rings is 3. The smallest absolute Gasteiger partial charge is 0.379 e. The Morgan fingerprint density at radius 3 is 2.58 bits per heavy atom. The van der Waals surface area contributed by atoms with Crippen molar-refractivity contribution in [3.8, 4) is 22.9 Å². The molecule has 0 spiro atoms. The van der Waals surface area contributed by atoms with Gasteiger partial charge in [0.2, 0.25) is 12.0 Å². The second-order valence-electron chi connectivity index (χ2n) is 12.4. The van der Waals surface area contributed by atoms with E-state index in [0.29, 0.717) is 34.6 Å². The van der Waals surface area contributed by atoms with Crippen LogP contribution in [-0.4, -0.2) is 76.0 Å². The van der Waals surface area contributed by atoms with Crippen molar-refractivity contribution in [3.05, 3.63) is 95.1 Å². The van der Waals surface area contributed by atoms with Crippen LogP contribution in [0.5, 0.6) is 17.2 Å². The van der Waals surface area contributed by atoms with Gasteiger partial charge in [-0.05, 0) is 92.7 Å². The van der Waals surface area contributed by atoms with Crippen LogP contribution in [0.2, 0.25) is 0 Å². The van der Waals surface area contributed by atoms with E-state index >= 15 is 0 Å². The first-order valence-corrected chi connectivity index (χ1v) is 16.1. The number of ether oxygens (including phenoxy) is 2. The molecule has 1 fully saturated rings. The summed E-state index contributed by atoms with van der Waals surface area (Å²) in [6.45, 7) is 8.31. The number of aromatic amines is 1. The maximum absolute atomic E-state index is 14.2. The molecule has 11 heteroatoms. The lowest BCUT2D eigenvalue weighted by Crippen LogP contribution is -2.41. The van der Waals surface area contributed by atoms with Gasteiger partial charge in [0.25, 0.3) is 5.71 Å². The van der Waals surface area contributed by atoms with Crippen LogP contribution in [-0.2, 0) is 0 Å². The lowest BCUT2D eigenvalue weighted by Gasteiger charge is -2.34. The second kappa shape index (κ2) is 12.9. The first kappa shape index (κ1) is 31.1. The Bertz CT molecular complexity index is 2110. The molecular weight excluding hydrogens is 609 g/mol. The van der Waals surface area contributed by atoms with Crippen molar-refractivity contribution in [2.75, 3.05) is 25.5 Å². The molecule has 0 aliphatic carbocycles. The summed E-state index contributed by atoms with van der Waals surface area (Å²) in [5.41, 5.74) is 4.66. The van der Waals surface area contributed by atoms with Crippen LogP contribution >= 0.6 is 0 Å². The summed E-state index contributed by atoms with van der Waals surface area (Å²) in [5.74, 6) is 1.28. The predicted octanol–water partition coefficient (Wildman–Crippen LogP) is 6.09. The number of halogens is 1. The summed E-state index contributed by atoms with van der Waals surface area (Å²) in [6, 6.07) is 18.1. The first-order valence-electron chi connectivity index (χ1n) is 16.1. The Morgan fingerprint density at radius 2 is 1.88 bits per heavy atom. The van der Waals surface area contributed by atoms with Crippen LogP contribution in [0.25, 0.3) is 16.6 Å². The molecule has 7 rings (SSSR count). The van der Waals surface area contributed by atoms with E-state index in [4.69, 9.17) is 9.47 Å². The van der Waals surface area contributed by atoms with Crippen molar-refractivity contribution in [1.29, 1.82) is 0 Å². The fraction of sp³-hybridized carbons (Fsp3) is 0.270. The quantitative estimate of drug-likeness (QED) is 0.140. The van der Waals surface area contributed by atoms with Gasteiger partial charge >= 0.3 is 6.34 Å². The Morgan fingerprint density at radius 1 is 1.06 bits per heavy atom. The number of aliphatic imine (C=N–C) groups is 1. The summed E-state index contributed by atoms with van der Waals surface area (Å²) in [7, 11) is 1.75. The van der Waals surface area contributed by atoms with E-state index in [1.165, 1.54) is 12.4 Å². The normalized spacial score (nSPS) is 15.0. The van der Waals surface area contributed by atoms with Crippen LogP contribution in [0, 0.1) is 12.7 Å². The fourth-order valence-electron chi connectivity index (χ4n) is 6.26. The highest BCUT2D eigenvalue weighted by Gasteiger charge is 2.27. The van der Waals surface area contributed by atoms with Crippen LogP contribution < -0.4 is 19.5 Å². The number of para-hydroxylation sites is 1. The van der Waals surface area contributed by atoms with Crippen LogP contribution in [0.15, 0.2) is 71.9 Å². The highest BCUT2D eigenvalue weighted by atomic mass is 19.1. The van der Waals surface area contributed by atoms with E-state index in [0.717, 1.165) is 59.4 Å². The van der Waals surface area contributed by atoms with Crippen LogP contribution in [0.1, 0.15) is 53.9 Å². The molecule has 0 bridgehead atoms. The minimum absolute atomic E-state index is 0.0898. The Kier molecular flexibility index (Phi) is 8.39. The summed E-state index contributed by atoms with van der Waals surface area (Å²) in [6.07, 6.45) is 6.77. The first-order chi connectivity index (χ1) is 23.3. The molecule has 5 aromatic rings. The molecule has 2 aliphatic heterocycles. The van der Waals surface area contributed by atoms with Gasteiger partial charge < -0.3 is 24.7 Å². The molecule has 1 saturated heterocycles. The van der Waals surface area contributed by atoms with Gasteiger partial charge in [-0.15, -0.1) is 0 Å². The van der Waals surface area contributed by atoms with Gasteiger partial charge in [0, 0.05) is 37.1 Å². The number of ketones is 1. The van der Waals surface area contributed by atoms with Crippen molar-refractivity contribution in [2.24, 2.45) is 4.99 Å². The average Bonchev–Trinajstić information content (AvgIpc) is 3.86. The number of carbonyl (C=O) groups excluding carboxylic acids is 1. The summed E-state index contributed by atoms with van der Waals surface area (Å²) in [5, 5.41) is 8.55. The van der Waals surface area contributed by atoms with Gasteiger partial charge in [-0.1, -0.05) is 12.1 Å². The number of aryl methyl sites for hydroxylation is 1. The van der Waals surface area contributed by atoms with E-state index in [9.17, 15) is 9.18 Å². The molecule has 2 N–H and O–H groups in total. The van der Waals surface area contributed by atoms with E-state index in [2.05, 4.69) is 43.8 Å². The summed E-state index contributed by atoms with van der Waals surface area (Å²) in [4.78, 5) is 23.9. The van der Waals surface area contributed by atoms with Gasteiger partial charge in [-0.25, -0.2) is 13.7 Å². The minimum atomic E-state index is -0.437. The molecule has 0 saturated carbocycles. The Hall–Kier alpha value is -5.51. The molecule has 0 unspecified atom stereocenters. The van der Waals surface area contributed by atoms with Crippen LogP contribution in [0.4, 0.5) is 10.2 Å². The average molecular weight is 647 g/mol. The number of H-pyrrole nitrogens is 1. The van der Waals surface area contributed by atoms with Gasteiger partial charge in [0.15, 0.2) is 11.6 Å². The maximum Gasteiger partial charge on any atom is 0.379 e. The molecule has 2 aromatic heterocycles. The van der Waals surface area contributed by atoms with E-state index in [1.54, 1.807) is 48.4 Å². The number of fused-ring (bicyclic) bond motifs is 1. The topological polar surface area (TPSA) is 111 Å². The molecular formula is C37H37FN7O3+. The number of rotatable bonds is 10. The number of hydrogen-bond acceptors (Lipinski definition) is 7. The third-order valence-electron chi connectivity index (χ3n) is 8.91. The third-order valence-corrected chi connectivity index (χ3v) is 8.91. The van der Waals surface area contributed by atoms with Gasteiger partial charge in [-0.2, -0.15) is 5.10 Å². The summed E-state index contributed by atoms with van der Waals surface area (Å²) < 4.78 is 32.7. The number of hydrogen-bond donors (Lipinski definition) is 2. The Labute approximate surface area is 277 Å². The summed E-state index contributed by atoms with van der Waals surface area (Å²) >= 11 is 0. The number of nitrogens with zero attached hydrogens (tertiary/aromatic N) is 5. The van der Waals surface area contributed by atoms with Crippen molar-refractivity contribution in [3.63, 3.8) is 0 Å². The standard InChI is InChI=1S/C37H36FN7O3/c1-22(2)44-13-11-26(12-14-44)47-35-17-24-16-31(43-30(24)18-27(35)32-20-40-21-41-32)36(46)28-19-42-45(37(28)39-4)25-9-10-33(23(3)15-25)48-34-8-6-5-7-29(34)38/h5-10,15-22,26H,11-14H2,1-4H3,(H,39,42,46)/p+1. The Balaban J connectivity index is 1.16. The minimum Gasteiger partial charge on any atom is -0.489 e. The lowest BCUT2D eigenvalue weighted by atomic mass is 10.0. The van der Waals surface area contributed by atoms with Gasteiger partial charge in [-0.3, -0.25) is 4.79 Å². The van der Waals surface area contributed by atoms with Crippen LogP contribution in [0.3, 0.4) is 0 Å². The number of nitrogens with one attached hydrogen (secondary N) is 2. The zero-order valence-corrected chi connectivity index (χ0v) is 27.3. The molecule has 48 heavy (non-hydrogen) atoms. The molecule has 10 nitrogen and oxygen atoms in total. The van der Waals surface area contributed by atoms with Crippen molar-refractivity contribution in [2.45, 2.75) is 45.8 Å². The monoisotopic (exact) mass is 646 g/mol. The number of anilines is 1. The van der Waals surface area contributed by atoms with Crippen molar-refractivity contribution in [1.82, 2.24) is 24.3 Å². The zero-order chi connectivity index (χ0) is 33.4. The molecule has 0 radical (unpaired) electrons. The molecule has 4 heterocycles. The van der Waals surface area contributed by atoms with E-state index in [-0.39, 0.29) is 17.6 Å². The molecule has 0 atom stereocenters. The van der Waals surface area contributed by atoms with Gasteiger partial charge in [0.1, 0.15) is 23.4 Å². The zero-order valence-electron chi connectivity index (χ0n) is 27.3. The number of carbonyl (C=O) groups is 1.